The monoisotopic (exact) mass is 435 g/mol. The molecule has 2 aromatic carbocycles. The van der Waals surface area contributed by atoms with Gasteiger partial charge in [0, 0.05) is 46.3 Å². The number of carbonyl (C=O) groups is 1. The predicted molar refractivity (Wildman–Crippen MR) is 105 cm³/mol. The molecule has 0 spiro atoms. The van der Waals surface area contributed by atoms with Crippen molar-refractivity contribution in [2.75, 3.05) is 27.4 Å². The number of carbonyl (C=O) groups excluding carboxylic acids is 1. The maximum atomic E-state index is 14.3. The Morgan fingerprint density at radius 2 is 1.90 bits per heavy atom. The van der Waals surface area contributed by atoms with Crippen LogP contribution in [-0.2, 0) is 31.7 Å². The van der Waals surface area contributed by atoms with Crippen LogP contribution in [0.25, 0.3) is 0 Å². The third kappa shape index (κ3) is 3.46. The molecule has 2 aliphatic heterocycles. The molecule has 0 unspecified atom stereocenters. The Morgan fingerprint density at radius 1 is 1.17 bits per heavy atom. The number of ether oxygens (including phenoxy) is 3. The van der Waals surface area contributed by atoms with E-state index in [9.17, 15) is 17.6 Å². The SMILES string of the molecule is COC1(c2cc(F)cc(OCc3ccc4c(c3)C(=O)N(C)S4(=O)=O)c2)CCOCC1. The standard InChI is InChI=1S/C21H22FNO6S/c1-23-20(24)18-9-14(3-4-19(18)30(23,25)26)13-29-17-11-15(10-16(22)12-17)21(27-2)5-7-28-8-6-21/h3-4,9-12H,5-8,13H2,1-2H3. The second-order valence-corrected chi connectivity index (χ2v) is 9.32. The molecule has 30 heavy (non-hydrogen) atoms. The summed E-state index contributed by atoms with van der Waals surface area (Å²) in [4.78, 5) is 12.2. The van der Waals surface area contributed by atoms with Gasteiger partial charge in [-0.3, -0.25) is 4.79 Å². The van der Waals surface area contributed by atoms with Gasteiger partial charge >= 0.3 is 0 Å². The van der Waals surface area contributed by atoms with E-state index in [1.54, 1.807) is 19.2 Å². The molecule has 1 fully saturated rings. The highest BCUT2D eigenvalue weighted by atomic mass is 32.2. The number of halogens is 1. The molecule has 0 saturated carbocycles. The summed E-state index contributed by atoms with van der Waals surface area (Å²) < 4.78 is 56.3. The minimum Gasteiger partial charge on any atom is -0.489 e. The number of amides is 1. The van der Waals surface area contributed by atoms with Crippen molar-refractivity contribution in [3.8, 4) is 5.75 Å². The quantitative estimate of drug-likeness (QED) is 0.718. The zero-order chi connectivity index (χ0) is 21.5. The Kier molecular flexibility index (Phi) is 5.29. The van der Waals surface area contributed by atoms with Crippen LogP contribution in [0.4, 0.5) is 4.39 Å². The summed E-state index contributed by atoms with van der Waals surface area (Å²) in [6.07, 6.45) is 1.22. The molecule has 2 heterocycles. The van der Waals surface area contributed by atoms with E-state index in [4.69, 9.17) is 14.2 Å². The Balaban J connectivity index is 1.57. The van der Waals surface area contributed by atoms with Gasteiger partial charge in [0.25, 0.3) is 15.9 Å². The maximum absolute atomic E-state index is 14.3. The Morgan fingerprint density at radius 3 is 2.60 bits per heavy atom. The Hall–Kier alpha value is -2.49. The van der Waals surface area contributed by atoms with Crippen molar-refractivity contribution in [2.24, 2.45) is 0 Å². The molecule has 0 aliphatic carbocycles. The third-order valence-corrected chi connectivity index (χ3v) is 7.49. The molecule has 1 amide bonds. The average Bonchev–Trinajstić information content (AvgIpc) is 2.92. The normalized spacial score (nSPS) is 19.6. The minimum atomic E-state index is -3.78. The van der Waals surface area contributed by atoms with Crippen LogP contribution in [0.3, 0.4) is 0 Å². The molecule has 1 saturated heterocycles. The first-order valence-electron chi connectivity index (χ1n) is 9.50. The van der Waals surface area contributed by atoms with Crippen LogP contribution in [-0.4, -0.2) is 46.0 Å². The van der Waals surface area contributed by atoms with E-state index in [0.29, 0.717) is 42.9 Å². The largest absolute Gasteiger partial charge is 0.489 e. The van der Waals surface area contributed by atoms with E-state index in [1.165, 1.54) is 31.3 Å². The summed E-state index contributed by atoms with van der Waals surface area (Å²) in [5.41, 5.74) is 0.766. The molecule has 0 radical (unpaired) electrons. The molecule has 0 atom stereocenters. The highest BCUT2D eigenvalue weighted by Crippen LogP contribution is 2.37. The molecule has 0 bridgehead atoms. The first-order valence-corrected chi connectivity index (χ1v) is 10.9. The van der Waals surface area contributed by atoms with Crippen molar-refractivity contribution < 1.29 is 31.8 Å². The van der Waals surface area contributed by atoms with Crippen LogP contribution in [0, 0.1) is 5.82 Å². The van der Waals surface area contributed by atoms with E-state index in [1.807, 2.05) is 0 Å². The lowest BCUT2D eigenvalue weighted by atomic mass is 9.86. The van der Waals surface area contributed by atoms with Crippen LogP contribution in [0.1, 0.15) is 34.3 Å². The molecule has 160 valence electrons. The van der Waals surface area contributed by atoms with Crippen molar-refractivity contribution in [1.29, 1.82) is 0 Å². The van der Waals surface area contributed by atoms with E-state index in [2.05, 4.69) is 0 Å². The van der Waals surface area contributed by atoms with Crippen molar-refractivity contribution in [1.82, 2.24) is 4.31 Å². The Labute approximate surface area is 174 Å². The number of nitrogens with zero attached hydrogens (tertiary/aromatic N) is 1. The third-order valence-electron chi connectivity index (χ3n) is 5.69. The summed E-state index contributed by atoms with van der Waals surface area (Å²) in [7, 11) is -0.955. The summed E-state index contributed by atoms with van der Waals surface area (Å²) in [6.45, 7) is 1.11. The van der Waals surface area contributed by atoms with Gasteiger partial charge in [-0.15, -0.1) is 0 Å². The van der Waals surface area contributed by atoms with Gasteiger partial charge in [-0.1, -0.05) is 6.07 Å². The minimum absolute atomic E-state index is 0.0201. The molecule has 2 aliphatic rings. The van der Waals surface area contributed by atoms with Gasteiger partial charge in [0.05, 0.1) is 11.2 Å². The molecule has 9 heteroatoms. The molecular weight excluding hydrogens is 413 g/mol. The van der Waals surface area contributed by atoms with Gasteiger partial charge in [-0.25, -0.2) is 17.1 Å². The molecule has 2 aromatic rings. The fraction of sp³-hybridized carbons (Fsp3) is 0.381. The smallest absolute Gasteiger partial charge is 0.268 e. The summed E-state index contributed by atoms with van der Waals surface area (Å²) in [6, 6.07) is 8.93. The van der Waals surface area contributed by atoms with Gasteiger partial charge in [-0.05, 0) is 35.4 Å². The molecule has 0 N–H and O–H groups in total. The summed E-state index contributed by atoms with van der Waals surface area (Å²) >= 11 is 0. The van der Waals surface area contributed by atoms with Crippen molar-refractivity contribution in [3.05, 3.63) is 58.9 Å². The van der Waals surface area contributed by atoms with E-state index in [0.717, 1.165) is 4.31 Å². The predicted octanol–water partition coefficient (Wildman–Crippen LogP) is 2.83. The summed E-state index contributed by atoms with van der Waals surface area (Å²) in [5, 5.41) is 0. The van der Waals surface area contributed by atoms with Gasteiger partial charge in [0.15, 0.2) is 0 Å². The van der Waals surface area contributed by atoms with Crippen molar-refractivity contribution in [2.45, 2.75) is 29.9 Å². The average molecular weight is 435 g/mol. The molecule has 7 nitrogen and oxygen atoms in total. The second-order valence-electron chi connectivity index (χ2n) is 7.38. The highest BCUT2D eigenvalue weighted by Gasteiger charge is 2.38. The van der Waals surface area contributed by atoms with Crippen LogP contribution in [0.2, 0.25) is 0 Å². The number of benzene rings is 2. The van der Waals surface area contributed by atoms with Crippen LogP contribution >= 0.6 is 0 Å². The molecule has 4 rings (SSSR count). The number of methoxy groups -OCH3 is 1. The zero-order valence-electron chi connectivity index (χ0n) is 16.7. The number of hydrogen-bond acceptors (Lipinski definition) is 6. The topological polar surface area (TPSA) is 82.1 Å². The lowest BCUT2D eigenvalue weighted by Crippen LogP contribution is -2.35. The highest BCUT2D eigenvalue weighted by molar-refractivity contribution is 7.90. The first-order chi connectivity index (χ1) is 14.3. The molecule has 0 aromatic heterocycles. The van der Waals surface area contributed by atoms with E-state index in [-0.39, 0.29) is 17.1 Å². The fourth-order valence-corrected chi connectivity index (χ4v) is 5.15. The van der Waals surface area contributed by atoms with Gasteiger partial charge in [0.2, 0.25) is 0 Å². The zero-order valence-corrected chi connectivity index (χ0v) is 17.5. The first kappa shape index (κ1) is 20.8. The fourth-order valence-electron chi connectivity index (χ4n) is 3.87. The van der Waals surface area contributed by atoms with Crippen LogP contribution in [0.15, 0.2) is 41.3 Å². The lowest BCUT2D eigenvalue weighted by molar-refractivity contribution is -0.0950. The number of hydrogen-bond donors (Lipinski definition) is 0. The molecular formula is C21H22FNO6S. The van der Waals surface area contributed by atoms with E-state index < -0.39 is 27.3 Å². The van der Waals surface area contributed by atoms with Gasteiger partial charge in [0.1, 0.15) is 23.1 Å². The second kappa shape index (κ2) is 7.64. The number of fused-ring (bicyclic) bond motifs is 1. The lowest BCUT2D eigenvalue weighted by Gasteiger charge is -2.36. The van der Waals surface area contributed by atoms with Gasteiger partial charge < -0.3 is 14.2 Å². The Bertz CT molecular complexity index is 1090. The van der Waals surface area contributed by atoms with E-state index >= 15 is 0 Å². The van der Waals surface area contributed by atoms with Crippen molar-refractivity contribution in [3.63, 3.8) is 0 Å². The maximum Gasteiger partial charge on any atom is 0.268 e. The summed E-state index contributed by atoms with van der Waals surface area (Å²) in [5.74, 6) is -0.701. The van der Waals surface area contributed by atoms with Crippen LogP contribution < -0.4 is 4.74 Å². The van der Waals surface area contributed by atoms with Gasteiger partial charge in [-0.2, -0.15) is 0 Å². The number of sulfonamides is 1. The number of rotatable bonds is 5. The van der Waals surface area contributed by atoms with Crippen molar-refractivity contribution >= 4 is 15.9 Å². The van der Waals surface area contributed by atoms with Crippen LogP contribution in [0.5, 0.6) is 5.75 Å².